The number of nitrogens with zero attached hydrogens (tertiary/aromatic N) is 3. The molecule has 0 saturated carbocycles. The summed E-state index contributed by atoms with van der Waals surface area (Å²) in [7, 11) is 1.99. The van der Waals surface area contributed by atoms with Crippen LogP contribution in [0.5, 0.6) is 0 Å². The molecule has 1 aromatic rings. The van der Waals surface area contributed by atoms with Crippen molar-refractivity contribution in [2.24, 2.45) is 12.8 Å². The van der Waals surface area contributed by atoms with E-state index < -0.39 is 0 Å². The van der Waals surface area contributed by atoms with Crippen LogP contribution in [0.25, 0.3) is 0 Å². The molecule has 0 amide bonds. The van der Waals surface area contributed by atoms with Gasteiger partial charge in [0, 0.05) is 51.5 Å². The Morgan fingerprint density at radius 3 is 2.94 bits per heavy atom. The second kappa shape index (κ2) is 5.38. The molecule has 1 aromatic heterocycles. The summed E-state index contributed by atoms with van der Waals surface area (Å²) in [5.41, 5.74) is 6.90. The standard InChI is InChI=1S/C13H24N4O/c1-13(2)10-17(9-12(8-14)18-13)7-5-11-4-6-15-16(11)3/h4,6,12H,5,7-10,14H2,1-3H3. The minimum absolute atomic E-state index is 0.102. The highest BCUT2D eigenvalue weighted by atomic mass is 16.5. The molecule has 2 heterocycles. The summed E-state index contributed by atoms with van der Waals surface area (Å²) in [5, 5.41) is 4.19. The third kappa shape index (κ3) is 3.31. The van der Waals surface area contributed by atoms with E-state index in [9.17, 15) is 0 Å². The van der Waals surface area contributed by atoms with Crippen LogP contribution in [0.3, 0.4) is 0 Å². The Kier molecular flexibility index (Phi) is 4.04. The number of hydrogen-bond acceptors (Lipinski definition) is 4. The lowest BCUT2D eigenvalue weighted by atomic mass is 10.0. The van der Waals surface area contributed by atoms with Gasteiger partial charge in [-0.1, -0.05) is 0 Å². The maximum absolute atomic E-state index is 5.93. The summed E-state index contributed by atoms with van der Waals surface area (Å²) in [6, 6.07) is 2.08. The van der Waals surface area contributed by atoms with E-state index in [1.807, 2.05) is 17.9 Å². The lowest BCUT2D eigenvalue weighted by molar-refractivity contribution is -0.131. The Morgan fingerprint density at radius 2 is 2.33 bits per heavy atom. The Morgan fingerprint density at radius 1 is 1.56 bits per heavy atom. The van der Waals surface area contributed by atoms with Crippen molar-refractivity contribution in [3.05, 3.63) is 18.0 Å². The molecule has 102 valence electrons. The van der Waals surface area contributed by atoms with Crippen molar-refractivity contribution in [1.82, 2.24) is 14.7 Å². The molecule has 0 aliphatic carbocycles. The molecule has 1 aliphatic rings. The van der Waals surface area contributed by atoms with Gasteiger partial charge >= 0.3 is 0 Å². The van der Waals surface area contributed by atoms with Crippen molar-refractivity contribution in [1.29, 1.82) is 0 Å². The van der Waals surface area contributed by atoms with Crippen LogP contribution in [0.4, 0.5) is 0 Å². The van der Waals surface area contributed by atoms with Crippen LogP contribution < -0.4 is 5.73 Å². The van der Waals surface area contributed by atoms with Crippen molar-refractivity contribution < 1.29 is 4.74 Å². The quantitative estimate of drug-likeness (QED) is 0.843. The number of aromatic nitrogens is 2. The van der Waals surface area contributed by atoms with Gasteiger partial charge in [-0.3, -0.25) is 9.58 Å². The Labute approximate surface area is 109 Å². The number of aryl methyl sites for hydroxylation is 1. The SMILES string of the molecule is Cn1nccc1CCN1CC(CN)OC(C)(C)C1. The van der Waals surface area contributed by atoms with Crippen LogP contribution in [-0.2, 0) is 18.2 Å². The van der Waals surface area contributed by atoms with Gasteiger partial charge in [0.05, 0.1) is 11.7 Å². The Bertz CT molecular complexity index is 388. The Balaban J connectivity index is 1.90. The van der Waals surface area contributed by atoms with Gasteiger partial charge in [0.15, 0.2) is 0 Å². The third-order valence-electron chi connectivity index (χ3n) is 3.42. The van der Waals surface area contributed by atoms with E-state index in [2.05, 4.69) is 29.9 Å². The van der Waals surface area contributed by atoms with Gasteiger partial charge in [-0.25, -0.2) is 0 Å². The van der Waals surface area contributed by atoms with Crippen molar-refractivity contribution in [3.63, 3.8) is 0 Å². The molecule has 1 fully saturated rings. The van der Waals surface area contributed by atoms with E-state index in [0.29, 0.717) is 6.54 Å². The van der Waals surface area contributed by atoms with Gasteiger partial charge in [0.1, 0.15) is 0 Å². The fourth-order valence-corrected chi connectivity index (χ4v) is 2.63. The molecule has 18 heavy (non-hydrogen) atoms. The molecule has 1 unspecified atom stereocenters. The molecule has 5 heteroatoms. The summed E-state index contributed by atoms with van der Waals surface area (Å²) in [6.45, 7) is 7.77. The number of nitrogens with two attached hydrogens (primary N) is 1. The van der Waals surface area contributed by atoms with Crippen molar-refractivity contribution >= 4 is 0 Å². The zero-order chi connectivity index (χ0) is 13.2. The number of morpholine rings is 1. The molecule has 0 radical (unpaired) electrons. The van der Waals surface area contributed by atoms with E-state index in [4.69, 9.17) is 10.5 Å². The molecule has 2 rings (SSSR count). The maximum Gasteiger partial charge on any atom is 0.0831 e. The van der Waals surface area contributed by atoms with E-state index in [1.54, 1.807) is 0 Å². The van der Waals surface area contributed by atoms with Crippen molar-refractivity contribution in [2.45, 2.75) is 32.0 Å². The average Bonchev–Trinajstić information content (AvgIpc) is 2.70. The molecule has 2 N–H and O–H groups in total. The molecule has 5 nitrogen and oxygen atoms in total. The summed E-state index contributed by atoms with van der Waals surface area (Å²) in [4.78, 5) is 2.44. The van der Waals surface area contributed by atoms with Gasteiger partial charge in [-0.15, -0.1) is 0 Å². The molecule has 1 saturated heterocycles. The summed E-state index contributed by atoms with van der Waals surface area (Å²) in [6.07, 6.45) is 3.02. The fraction of sp³-hybridized carbons (Fsp3) is 0.769. The first kappa shape index (κ1) is 13.5. The van der Waals surface area contributed by atoms with Crippen molar-refractivity contribution in [2.75, 3.05) is 26.2 Å². The van der Waals surface area contributed by atoms with E-state index in [-0.39, 0.29) is 11.7 Å². The smallest absolute Gasteiger partial charge is 0.0831 e. The monoisotopic (exact) mass is 252 g/mol. The van der Waals surface area contributed by atoms with E-state index in [0.717, 1.165) is 26.1 Å². The van der Waals surface area contributed by atoms with Gasteiger partial charge in [-0.05, 0) is 19.9 Å². The van der Waals surface area contributed by atoms with E-state index >= 15 is 0 Å². The van der Waals surface area contributed by atoms with E-state index in [1.165, 1.54) is 5.69 Å². The fourth-order valence-electron chi connectivity index (χ4n) is 2.63. The minimum atomic E-state index is -0.102. The van der Waals surface area contributed by atoms with Crippen LogP contribution in [0.15, 0.2) is 12.3 Å². The number of ether oxygens (including phenoxy) is 1. The van der Waals surface area contributed by atoms with Crippen molar-refractivity contribution in [3.8, 4) is 0 Å². The van der Waals surface area contributed by atoms with Crippen LogP contribution in [0, 0.1) is 0 Å². The highest BCUT2D eigenvalue weighted by Crippen LogP contribution is 2.20. The molecular weight excluding hydrogens is 228 g/mol. The van der Waals surface area contributed by atoms with Gasteiger partial charge in [0.2, 0.25) is 0 Å². The second-order valence-corrected chi connectivity index (χ2v) is 5.67. The lowest BCUT2D eigenvalue weighted by Crippen LogP contribution is -2.55. The topological polar surface area (TPSA) is 56.3 Å². The van der Waals surface area contributed by atoms with Crippen LogP contribution in [0.2, 0.25) is 0 Å². The van der Waals surface area contributed by atoms with Crippen LogP contribution in [-0.4, -0.2) is 52.6 Å². The van der Waals surface area contributed by atoms with Crippen LogP contribution in [0.1, 0.15) is 19.5 Å². The first-order valence-corrected chi connectivity index (χ1v) is 6.57. The first-order chi connectivity index (χ1) is 8.50. The molecule has 0 aromatic carbocycles. The van der Waals surface area contributed by atoms with Gasteiger partial charge < -0.3 is 10.5 Å². The zero-order valence-corrected chi connectivity index (χ0v) is 11.6. The lowest BCUT2D eigenvalue weighted by Gasteiger charge is -2.42. The summed E-state index contributed by atoms with van der Waals surface area (Å²) in [5.74, 6) is 0. The largest absolute Gasteiger partial charge is 0.368 e. The van der Waals surface area contributed by atoms with Crippen LogP contribution >= 0.6 is 0 Å². The predicted octanol–water partition coefficient (Wildman–Crippen LogP) is 0.401. The average molecular weight is 252 g/mol. The van der Waals surface area contributed by atoms with Gasteiger partial charge in [0.25, 0.3) is 0 Å². The molecule has 0 bridgehead atoms. The van der Waals surface area contributed by atoms with Gasteiger partial charge in [-0.2, -0.15) is 5.10 Å². The highest BCUT2D eigenvalue weighted by molar-refractivity contribution is 5.00. The Hall–Kier alpha value is -0.910. The maximum atomic E-state index is 5.93. The molecular formula is C13H24N4O. The highest BCUT2D eigenvalue weighted by Gasteiger charge is 2.32. The minimum Gasteiger partial charge on any atom is -0.368 e. The zero-order valence-electron chi connectivity index (χ0n) is 11.6. The summed E-state index contributed by atoms with van der Waals surface area (Å²) >= 11 is 0. The predicted molar refractivity (Wildman–Crippen MR) is 71.4 cm³/mol. The summed E-state index contributed by atoms with van der Waals surface area (Å²) < 4.78 is 7.87. The normalized spacial score (nSPS) is 24.3. The second-order valence-electron chi connectivity index (χ2n) is 5.67. The first-order valence-electron chi connectivity index (χ1n) is 6.57. The molecule has 1 aliphatic heterocycles. The number of rotatable bonds is 4. The molecule has 0 spiro atoms. The molecule has 1 atom stereocenters. The number of hydrogen-bond donors (Lipinski definition) is 1. The third-order valence-corrected chi connectivity index (χ3v) is 3.42.